The summed E-state index contributed by atoms with van der Waals surface area (Å²) in [5.41, 5.74) is 6.18. The number of imidazole rings is 2. The van der Waals surface area contributed by atoms with Gasteiger partial charge in [-0.1, -0.05) is 11.8 Å². The van der Waals surface area contributed by atoms with Gasteiger partial charge in [0.25, 0.3) is 5.91 Å². The maximum atomic E-state index is 14.9. The highest BCUT2D eigenvalue weighted by molar-refractivity contribution is 5.93. The number of aryl methyl sites for hydroxylation is 1. The van der Waals surface area contributed by atoms with Crippen LogP contribution in [0.4, 0.5) is 4.39 Å². The molecule has 4 N–H and O–H groups in total. The average molecular weight is 449 g/mol. The fraction of sp³-hybridized carbons (Fsp3) is 0.375. The number of halogens is 1. The van der Waals surface area contributed by atoms with Crippen molar-refractivity contribution in [2.75, 3.05) is 0 Å². The smallest absolute Gasteiger partial charge is 0.269 e. The molecule has 2 aromatic heterocycles. The first-order chi connectivity index (χ1) is 15.5. The molecule has 0 saturated heterocycles. The van der Waals surface area contributed by atoms with Crippen LogP contribution in [0.5, 0.6) is 0 Å². The summed E-state index contributed by atoms with van der Waals surface area (Å²) in [6.45, 7) is 3.04. The van der Waals surface area contributed by atoms with Crippen molar-refractivity contribution in [1.29, 1.82) is 0 Å². The second-order valence-corrected chi connectivity index (χ2v) is 9.25. The molecule has 33 heavy (non-hydrogen) atoms. The van der Waals surface area contributed by atoms with Crippen molar-refractivity contribution in [3.63, 3.8) is 0 Å². The lowest BCUT2D eigenvalue weighted by molar-refractivity contribution is 0.0987. The van der Waals surface area contributed by atoms with Gasteiger partial charge in [0.05, 0.1) is 11.3 Å². The van der Waals surface area contributed by atoms with Gasteiger partial charge in [0.2, 0.25) is 0 Å². The lowest BCUT2D eigenvalue weighted by Gasteiger charge is -2.36. The minimum Gasteiger partial charge on any atom is -0.379 e. The number of hydrogen-bond donors (Lipinski definition) is 3. The summed E-state index contributed by atoms with van der Waals surface area (Å²) in [5, 5.41) is 21.2. The van der Waals surface area contributed by atoms with Crippen LogP contribution in [0.3, 0.4) is 0 Å². The highest BCUT2D eigenvalue weighted by Gasteiger charge is 2.43. The predicted octanol–water partition coefficient (Wildman–Crippen LogP) is 2.16. The van der Waals surface area contributed by atoms with Crippen LogP contribution in [-0.2, 0) is 7.05 Å². The second kappa shape index (κ2) is 7.27. The number of aliphatic hydroxyl groups is 2. The number of carbonyl (C=O) groups excluding carboxylic acids is 1. The maximum absolute atomic E-state index is 14.9. The Morgan fingerprint density at radius 3 is 2.70 bits per heavy atom. The molecule has 1 atom stereocenters. The first-order valence-electron chi connectivity index (χ1n) is 10.7. The summed E-state index contributed by atoms with van der Waals surface area (Å²) in [4.78, 5) is 21.1. The van der Waals surface area contributed by atoms with Gasteiger partial charge in [0.1, 0.15) is 23.1 Å². The number of rotatable bonds is 3. The Labute approximate surface area is 189 Å². The van der Waals surface area contributed by atoms with Gasteiger partial charge >= 0.3 is 0 Å². The van der Waals surface area contributed by atoms with Crippen molar-refractivity contribution in [3.8, 4) is 23.2 Å². The van der Waals surface area contributed by atoms with E-state index < -0.39 is 23.4 Å². The molecule has 3 aliphatic rings. The van der Waals surface area contributed by atoms with Crippen molar-refractivity contribution in [2.24, 2.45) is 12.8 Å². The van der Waals surface area contributed by atoms with Gasteiger partial charge < -0.3 is 25.1 Å². The Bertz CT molecular complexity index is 1350. The van der Waals surface area contributed by atoms with E-state index in [1.807, 2.05) is 4.57 Å². The average Bonchev–Trinajstić information content (AvgIpc) is 3.24. The molecule has 3 aromatic rings. The van der Waals surface area contributed by atoms with E-state index in [9.17, 15) is 19.4 Å². The molecule has 9 heteroatoms. The highest BCUT2D eigenvalue weighted by atomic mass is 19.1. The maximum Gasteiger partial charge on any atom is 0.269 e. The highest BCUT2D eigenvalue weighted by Crippen LogP contribution is 2.53. The van der Waals surface area contributed by atoms with Gasteiger partial charge in [-0.25, -0.2) is 14.4 Å². The molecule has 1 saturated carbocycles. The van der Waals surface area contributed by atoms with Crippen LogP contribution in [-0.4, -0.2) is 40.8 Å². The van der Waals surface area contributed by atoms with Crippen LogP contribution < -0.4 is 5.73 Å². The normalized spacial score (nSPS) is 19.5. The lowest BCUT2D eigenvalue weighted by Crippen LogP contribution is -2.27. The summed E-state index contributed by atoms with van der Waals surface area (Å²) in [7, 11) is 1.75. The summed E-state index contributed by atoms with van der Waals surface area (Å²) in [5.74, 6) is 5.05. The lowest BCUT2D eigenvalue weighted by atomic mass is 9.75. The number of nitrogens with zero attached hydrogens (tertiary/aromatic N) is 4. The molecule has 1 aromatic carbocycles. The van der Waals surface area contributed by atoms with Gasteiger partial charge in [-0.3, -0.25) is 4.79 Å². The molecule has 170 valence electrons. The summed E-state index contributed by atoms with van der Waals surface area (Å²) in [6.07, 6.45) is 3.50. The molecule has 0 radical (unpaired) electrons. The number of carbonyl (C=O) groups is 1. The van der Waals surface area contributed by atoms with Crippen molar-refractivity contribution >= 4 is 5.91 Å². The van der Waals surface area contributed by atoms with Crippen molar-refractivity contribution in [3.05, 3.63) is 58.7 Å². The molecule has 0 spiro atoms. The third-order valence-corrected chi connectivity index (χ3v) is 6.34. The van der Waals surface area contributed by atoms with E-state index >= 15 is 0 Å². The van der Waals surface area contributed by atoms with E-state index in [0.29, 0.717) is 17.2 Å². The van der Waals surface area contributed by atoms with Crippen LogP contribution in [0.2, 0.25) is 0 Å². The molecular weight excluding hydrogens is 425 g/mol. The topological polar surface area (TPSA) is 119 Å². The van der Waals surface area contributed by atoms with E-state index in [-0.39, 0.29) is 28.9 Å². The fourth-order valence-electron chi connectivity index (χ4n) is 4.70. The molecule has 4 heterocycles. The zero-order valence-corrected chi connectivity index (χ0v) is 18.5. The Kier molecular flexibility index (Phi) is 4.71. The number of aliphatic hydroxyl groups excluding tert-OH is 1. The van der Waals surface area contributed by atoms with Gasteiger partial charge in [0, 0.05) is 31.0 Å². The van der Waals surface area contributed by atoms with Crippen LogP contribution in [0.15, 0.2) is 24.5 Å². The van der Waals surface area contributed by atoms with E-state index in [4.69, 9.17) is 5.73 Å². The molecule has 2 aliphatic heterocycles. The second-order valence-electron chi connectivity index (χ2n) is 9.25. The summed E-state index contributed by atoms with van der Waals surface area (Å²) < 4.78 is 18.4. The minimum atomic E-state index is -1.28. The first-order valence-corrected chi connectivity index (χ1v) is 10.7. The number of nitrogens with two attached hydrogens (primary N) is 1. The zero-order valence-electron chi connectivity index (χ0n) is 18.5. The molecule has 1 fully saturated rings. The van der Waals surface area contributed by atoms with E-state index in [1.165, 1.54) is 19.9 Å². The van der Waals surface area contributed by atoms with Gasteiger partial charge in [-0.2, -0.15) is 0 Å². The molecule has 1 aliphatic carbocycles. The Morgan fingerprint density at radius 1 is 1.36 bits per heavy atom. The number of primary amides is 1. The predicted molar refractivity (Wildman–Crippen MR) is 118 cm³/mol. The third-order valence-electron chi connectivity index (χ3n) is 6.34. The quantitative estimate of drug-likeness (QED) is 0.530. The fourth-order valence-corrected chi connectivity index (χ4v) is 4.70. The Balaban J connectivity index is 1.75. The SMILES string of the molecule is Cn1ccnc1C(O)c1c(C(N)=O)nc2n1C1CC(C1)c1cc(F)c(C#CC(C)(C)O)cc1-2. The standard InChI is InChI=1S/C24H24FN5O3/c1-24(2,33)5-4-12-10-16-15(11-17(12)25)13-8-14(9-13)30-19(18(21(26)32)28-22(16)30)20(31)23-27-6-7-29(23)3/h6-7,10-11,13-14,20,31,33H,8-9H2,1-3H3,(H2,26,32). The van der Waals surface area contributed by atoms with E-state index in [2.05, 4.69) is 21.8 Å². The summed E-state index contributed by atoms with van der Waals surface area (Å²) in [6, 6.07) is 3.05. The number of benzene rings is 1. The van der Waals surface area contributed by atoms with E-state index in [0.717, 1.165) is 18.4 Å². The largest absolute Gasteiger partial charge is 0.379 e. The molecule has 1 amide bonds. The zero-order chi connectivity index (χ0) is 23.7. The van der Waals surface area contributed by atoms with Crippen LogP contribution in [0.25, 0.3) is 11.4 Å². The molecule has 6 rings (SSSR count). The van der Waals surface area contributed by atoms with Gasteiger partial charge in [-0.15, -0.1) is 0 Å². The van der Waals surface area contributed by atoms with E-state index in [1.54, 1.807) is 30.1 Å². The molecular formula is C24H24FN5O3. The van der Waals surface area contributed by atoms with Gasteiger partial charge in [-0.05, 0) is 50.3 Å². The van der Waals surface area contributed by atoms with Crippen molar-refractivity contribution in [2.45, 2.75) is 50.4 Å². The molecule has 2 bridgehead atoms. The van der Waals surface area contributed by atoms with Gasteiger partial charge in [0.15, 0.2) is 11.8 Å². The van der Waals surface area contributed by atoms with Crippen LogP contribution >= 0.6 is 0 Å². The third kappa shape index (κ3) is 3.43. The van der Waals surface area contributed by atoms with Crippen LogP contribution in [0.1, 0.15) is 77.9 Å². The Hall–Kier alpha value is -3.48. The number of hydrogen-bond acceptors (Lipinski definition) is 5. The minimum absolute atomic E-state index is 0.0168. The summed E-state index contributed by atoms with van der Waals surface area (Å²) >= 11 is 0. The molecule has 1 unspecified atom stereocenters. The molecule has 8 nitrogen and oxygen atoms in total. The Morgan fingerprint density at radius 2 is 2.09 bits per heavy atom. The number of amides is 1. The van der Waals surface area contributed by atoms with Crippen molar-refractivity contribution < 1.29 is 19.4 Å². The number of aromatic nitrogens is 4. The monoisotopic (exact) mass is 449 g/mol. The van der Waals surface area contributed by atoms with Crippen LogP contribution in [0, 0.1) is 17.7 Å². The van der Waals surface area contributed by atoms with Crippen molar-refractivity contribution in [1.82, 2.24) is 19.1 Å². The first kappa shape index (κ1) is 21.4.